The first-order valence-corrected chi connectivity index (χ1v) is 5.46. The summed E-state index contributed by atoms with van der Waals surface area (Å²) in [4.78, 5) is 11.1. The topological polar surface area (TPSA) is 54.9 Å². The SMILES string of the molecule is C=CCNC(=O)CSc1nncs1. The summed E-state index contributed by atoms with van der Waals surface area (Å²) in [6.45, 7) is 4.01. The maximum atomic E-state index is 11.1. The Labute approximate surface area is 84.4 Å². The summed E-state index contributed by atoms with van der Waals surface area (Å²) in [6.07, 6.45) is 1.65. The van der Waals surface area contributed by atoms with Gasteiger partial charge in [-0.25, -0.2) is 0 Å². The van der Waals surface area contributed by atoms with E-state index in [-0.39, 0.29) is 5.91 Å². The number of carbonyl (C=O) groups excluding carboxylic acids is 1. The van der Waals surface area contributed by atoms with Crippen molar-refractivity contribution < 1.29 is 4.79 Å². The monoisotopic (exact) mass is 215 g/mol. The molecule has 1 rings (SSSR count). The second kappa shape index (κ2) is 5.71. The highest BCUT2D eigenvalue weighted by atomic mass is 32.2. The second-order valence-corrected chi connectivity index (χ2v) is 4.14. The van der Waals surface area contributed by atoms with E-state index in [1.807, 2.05) is 0 Å². The third-order valence-corrected chi connectivity index (χ3v) is 2.97. The van der Waals surface area contributed by atoms with E-state index in [9.17, 15) is 4.79 Å². The fourth-order valence-electron chi connectivity index (χ4n) is 0.590. The van der Waals surface area contributed by atoms with Gasteiger partial charge in [-0.2, -0.15) is 0 Å². The molecule has 0 aliphatic heterocycles. The van der Waals surface area contributed by atoms with E-state index >= 15 is 0 Å². The van der Waals surface area contributed by atoms with Gasteiger partial charge in [0, 0.05) is 6.54 Å². The molecule has 4 nitrogen and oxygen atoms in total. The van der Waals surface area contributed by atoms with Crippen molar-refractivity contribution in [3.05, 3.63) is 18.2 Å². The van der Waals surface area contributed by atoms with Crippen LogP contribution in [-0.2, 0) is 4.79 Å². The molecular weight excluding hydrogens is 206 g/mol. The van der Waals surface area contributed by atoms with Gasteiger partial charge in [-0.3, -0.25) is 4.79 Å². The molecule has 0 saturated carbocycles. The molecule has 0 aromatic carbocycles. The van der Waals surface area contributed by atoms with Gasteiger partial charge < -0.3 is 5.32 Å². The van der Waals surface area contributed by atoms with Crippen LogP contribution in [0, 0.1) is 0 Å². The maximum absolute atomic E-state index is 11.1. The number of amides is 1. The molecule has 1 aromatic rings. The Bertz CT molecular complexity index is 273. The molecule has 1 N–H and O–H groups in total. The van der Waals surface area contributed by atoms with Crippen LogP contribution >= 0.6 is 23.1 Å². The van der Waals surface area contributed by atoms with E-state index in [2.05, 4.69) is 22.1 Å². The Kier molecular flexibility index (Phi) is 4.48. The first kappa shape index (κ1) is 10.2. The molecule has 1 aromatic heterocycles. The molecule has 1 heterocycles. The highest BCUT2D eigenvalue weighted by Gasteiger charge is 2.02. The van der Waals surface area contributed by atoms with Gasteiger partial charge in [-0.05, 0) is 0 Å². The zero-order valence-corrected chi connectivity index (χ0v) is 8.53. The fraction of sp³-hybridized carbons (Fsp3) is 0.286. The van der Waals surface area contributed by atoms with Crippen molar-refractivity contribution >= 4 is 29.0 Å². The Hall–Kier alpha value is -0.880. The molecule has 0 fully saturated rings. The lowest BCUT2D eigenvalue weighted by Gasteiger charge is -1.98. The minimum Gasteiger partial charge on any atom is -0.352 e. The molecular formula is C7H9N3OS2. The lowest BCUT2D eigenvalue weighted by atomic mass is 10.6. The number of hydrogen-bond acceptors (Lipinski definition) is 5. The summed E-state index contributed by atoms with van der Waals surface area (Å²) in [7, 11) is 0. The normalized spacial score (nSPS) is 9.54. The zero-order chi connectivity index (χ0) is 9.52. The van der Waals surface area contributed by atoms with E-state index < -0.39 is 0 Å². The number of carbonyl (C=O) groups is 1. The molecule has 0 aliphatic rings. The molecule has 0 unspecified atom stereocenters. The second-order valence-electron chi connectivity index (χ2n) is 2.09. The third kappa shape index (κ3) is 4.05. The molecule has 0 spiro atoms. The van der Waals surface area contributed by atoms with Crippen molar-refractivity contribution in [3.8, 4) is 0 Å². The van der Waals surface area contributed by atoms with Crippen LogP contribution in [0.15, 0.2) is 22.5 Å². The Morgan fingerprint density at radius 3 is 3.31 bits per heavy atom. The number of nitrogens with zero attached hydrogens (tertiary/aromatic N) is 2. The summed E-state index contributed by atoms with van der Waals surface area (Å²) in [6, 6.07) is 0. The van der Waals surface area contributed by atoms with Crippen LogP contribution < -0.4 is 5.32 Å². The van der Waals surface area contributed by atoms with E-state index in [1.54, 1.807) is 11.6 Å². The third-order valence-electron chi connectivity index (χ3n) is 1.11. The molecule has 0 radical (unpaired) electrons. The minimum absolute atomic E-state index is 0.0138. The Morgan fingerprint density at radius 2 is 2.69 bits per heavy atom. The predicted octanol–water partition coefficient (Wildman–Crippen LogP) is 0.932. The van der Waals surface area contributed by atoms with E-state index in [0.29, 0.717) is 12.3 Å². The number of thioether (sulfide) groups is 1. The quantitative estimate of drug-likeness (QED) is 0.586. The van der Waals surface area contributed by atoms with Crippen molar-refractivity contribution in [1.29, 1.82) is 0 Å². The lowest BCUT2D eigenvalue weighted by Crippen LogP contribution is -2.24. The molecule has 13 heavy (non-hydrogen) atoms. The highest BCUT2D eigenvalue weighted by Crippen LogP contribution is 2.17. The standard InChI is InChI=1S/C7H9N3OS2/c1-2-3-8-6(11)4-12-7-10-9-5-13-7/h2,5H,1,3-4H2,(H,8,11). The van der Waals surface area contributed by atoms with Gasteiger partial charge in [0.15, 0.2) is 4.34 Å². The first-order valence-electron chi connectivity index (χ1n) is 3.59. The van der Waals surface area contributed by atoms with E-state index in [4.69, 9.17) is 0 Å². The van der Waals surface area contributed by atoms with Crippen LogP contribution in [0.5, 0.6) is 0 Å². The average Bonchev–Trinajstić information content (AvgIpc) is 2.64. The lowest BCUT2D eigenvalue weighted by molar-refractivity contribution is -0.118. The van der Waals surface area contributed by atoms with Crippen LogP contribution in [-0.4, -0.2) is 28.4 Å². The summed E-state index contributed by atoms with van der Waals surface area (Å²) < 4.78 is 0.814. The van der Waals surface area contributed by atoms with Crippen molar-refractivity contribution in [2.45, 2.75) is 4.34 Å². The van der Waals surface area contributed by atoms with Crippen molar-refractivity contribution in [2.75, 3.05) is 12.3 Å². The van der Waals surface area contributed by atoms with Gasteiger partial charge in [-0.15, -0.1) is 16.8 Å². The number of aromatic nitrogens is 2. The smallest absolute Gasteiger partial charge is 0.230 e. The average molecular weight is 215 g/mol. The van der Waals surface area contributed by atoms with Crippen LogP contribution in [0.4, 0.5) is 0 Å². The maximum Gasteiger partial charge on any atom is 0.230 e. The summed E-state index contributed by atoms with van der Waals surface area (Å²) in [5, 5.41) is 10.1. The highest BCUT2D eigenvalue weighted by molar-refractivity contribution is 8.01. The van der Waals surface area contributed by atoms with E-state index in [1.165, 1.54) is 23.1 Å². The van der Waals surface area contributed by atoms with Crippen molar-refractivity contribution in [2.24, 2.45) is 0 Å². The van der Waals surface area contributed by atoms with E-state index in [0.717, 1.165) is 4.34 Å². The Morgan fingerprint density at radius 1 is 1.85 bits per heavy atom. The van der Waals surface area contributed by atoms with Gasteiger partial charge in [0.05, 0.1) is 5.75 Å². The molecule has 1 amide bonds. The van der Waals surface area contributed by atoms with Gasteiger partial charge >= 0.3 is 0 Å². The van der Waals surface area contributed by atoms with Crippen LogP contribution in [0.25, 0.3) is 0 Å². The zero-order valence-electron chi connectivity index (χ0n) is 6.90. The molecule has 0 atom stereocenters. The number of hydrogen-bond donors (Lipinski definition) is 1. The molecule has 70 valence electrons. The largest absolute Gasteiger partial charge is 0.352 e. The summed E-state index contributed by atoms with van der Waals surface area (Å²) in [5.41, 5.74) is 1.64. The van der Waals surface area contributed by atoms with Gasteiger partial charge in [0.1, 0.15) is 5.51 Å². The molecule has 6 heteroatoms. The Balaban J connectivity index is 2.19. The van der Waals surface area contributed by atoms with Gasteiger partial charge in [0.25, 0.3) is 0 Å². The first-order chi connectivity index (χ1) is 6.33. The summed E-state index contributed by atoms with van der Waals surface area (Å²) in [5.74, 6) is 0.364. The van der Waals surface area contributed by atoms with Gasteiger partial charge in [-0.1, -0.05) is 29.2 Å². The minimum atomic E-state index is -0.0138. The van der Waals surface area contributed by atoms with Crippen molar-refractivity contribution in [1.82, 2.24) is 15.5 Å². The molecule has 0 aliphatic carbocycles. The van der Waals surface area contributed by atoms with Crippen LogP contribution in [0.1, 0.15) is 0 Å². The number of rotatable bonds is 5. The molecule has 0 bridgehead atoms. The number of nitrogens with one attached hydrogen (secondary N) is 1. The van der Waals surface area contributed by atoms with Gasteiger partial charge in [0.2, 0.25) is 5.91 Å². The van der Waals surface area contributed by atoms with Crippen LogP contribution in [0.2, 0.25) is 0 Å². The van der Waals surface area contributed by atoms with Crippen molar-refractivity contribution in [3.63, 3.8) is 0 Å². The molecule has 0 saturated heterocycles. The van der Waals surface area contributed by atoms with Crippen LogP contribution in [0.3, 0.4) is 0 Å². The fourth-order valence-corrected chi connectivity index (χ4v) is 1.91. The summed E-state index contributed by atoms with van der Waals surface area (Å²) >= 11 is 2.81. The predicted molar refractivity (Wildman–Crippen MR) is 53.8 cm³/mol.